The molecule has 0 bridgehead atoms. The molecule has 1 amide bonds. The van der Waals surface area contributed by atoms with Crippen LogP contribution in [0.15, 0.2) is 0 Å². The zero-order valence-corrected chi connectivity index (χ0v) is 12.5. The minimum absolute atomic E-state index is 0.00906. The van der Waals surface area contributed by atoms with E-state index in [2.05, 4.69) is 0 Å². The molecule has 1 aliphatic carbocycles. The van der Waals surface area contributed by atoms with Crippen LogP contribution in [0.4, 0.5) is 0 Å². The molecule has 1 saturated carbocycles. The van der Waals surface area contributed by atoms with E-state index in [1.807, 2.05) is 0 Å². The first-order valence-electron chi connectivity index (χ1n) is 7.20. The van der Waals surface area contributed by atoms with E-state index < -0.39 is 10.2 Å². The summed E-state index contributed by atoms with van der Waals surface area (Å²) in [4.78, 5) is 14.3. The quantitative estimate of drug-likeness (QED) is 0.704. The van der Waals surface area contributed by atoms with Crippen LogP contribution < -0.4 is 10.9 Å². The van der Waals surface area contributed by atoms with Crippen LogP contribution in [0, 0.1) is 11.8 Å². The first-order chi connectivity index (χ1) is 9.43. The standard InChI is InChI=1S/C12H24N4O3S/c13-9-10-3-1-2-4-11(10)12(17)15-5-7-16(8-6-15)20(14,18)19/h10-11H,1-9,13H2,(H2,14,18,19). The second kappa shape index (κ2) is 6.38. The summed E-state index contributed by atoms with van der Waals surface area (Å²) in [5.74, 6) is 0.413. The van der Waals surface area contributed by atoms with Crippen LogP contribution in [0.2, 0.25) is 0 Å². The van der Waals surface area contributed by atoms with Crippen LogP contribution in [0.5, 0.6) is 0 Å². The molecule has 1 saturated heterocycles. The number of rotatable bonds is 3. The van der Waals surface area contributed by atoms with E-state index in [0.717, 1.165) is 25.7 Å². The maximum absolute atomic E-state index is 12.5. The Hall–Kier alpha value is -0.700. The lowest BCUT2D eigenvalue weighted by atomic mass is 9.78. The zero-order chi connectivity index (χ0) is 14.8. The van der Waals surface area contributed by atoms with Gasteiger partial charge in [-0.1, -0.05) is 12.8 Å². The lowest BCUT2D eigenvalue weighted by Crippen LogP contribution is -2.54. The van der Waals surface area contributed by atoms with E-state index >= 15 is 0 Å². The molecule has 1 heterocycles. The smallest absolute Gasteiger partial charge is 0.277 e. The Morgan fingerprint density at radius 3 is 2.25 bits per heavy atom. The van der Waals surface area contributed by atoms with Crippen LogP contribution in [-0.2, 0) is 15.0 Å². The minimum atomic E-state index is -3.64. The number of carbonyl (C=O) groups is 1. The average molecular weight is 304 g/mol. The third-order valence-corrected chi connectivity index (χ3v) is 5.52. The predicted molar refractivity (Wildman–Crippen MR) is 75.8 cm³/mol. The maximum Gasteiger partial charge on any atom is 0.277 e. The minimum Gasteiger partial charge on any atom is -0.340 e. The Kier molecular flexibility index (Phi) is 5.00. The van der Waals surface area contributed by atoms with Gasteiger partial charge in [-0.3, -0.25) is 4.79 Å². The van der Waals surface area contributed by atoms with Crippen molar-refractivity contribution in [3.63, 3.8) is 0 Å². The first kappa shape index (κ1) is 15.7. The van der Waals surface area contributed by atoms with Crippen LogP contribution >= 0.6 is 0 Å². The fourth-order valence-corrected chi connectivity index (χ4v) is 3.88. The normalized spacial score (nSPS) is 29.4. The summed E-state index contributed by atoms with van der Waals surface area (Å²) in [6.07, 6.45) is 4.13. The van der Waals surface area contributed by atoms with Crippen molar-refractivity contribution in [2.45, 2.75) is 25.7 Å². The Morgan fingerprint density at radius 2 is 1.70 bits per heavy atom. The van der Waals surface area contributed by atoms with Gasteiger partial charge in [0, 0.05) is 32.1 Å². The van der Waals surface area contributed by atoms with E-state index in [1.165, 1.54) is 4.31 Å². The summed E-state index contributed by atoms with van der Waals surface area (Å²) in [5.41, 5.74) is 5.77. The Bertz CT molecular complexity index is 446. The molecule has 2 fully saturated rings. The molecule has 0 aromatic heterocycles. The third kappa shape index (κ3) is 3.49. The van der Waals surface area contributed by atoms with Crippen molar-refractivity contribution < 1.29 is 13.2 Å². The van der Waals surface area contributed by atoms with Crippen LogP contribution in [-0.4, -0.2) is 56.3 Å². The van der Waals surface area contributed by atoms with Gasteiger partial charge in [0.2, 0.25) is 5.91 Å². The molecule has 2 rings (SSSR count). The van der Waals surface area contributed by atoms with Gasteiger partial charge in [-0.25, -0.2) is 5.14 Å². The molecule has 0 aromatic rings. The topological polar surface area (TPSA) is 110 Å². The molecule has 0 aromatic carbocycles. The van der Waals surface area contributed by atoms with Crippen molar-refractivity contribution in [2.24, 2.45) is 22.7 Å². The second-order valence-corrected chi connectivity index (χ2v) is 7.20. The van der Waals surface area contributed by atoms with Gasteiger partial charge in [0.1, 0.15) is 0 Å². The third-order valence-electron chi connectivity index (χ3n) is 4.44. The van der Waals surface area contributed by atoms with Crippen LogP contribution in [0.3, 0.4) is 0 Å². The number of hydrogen-bond acceptors (Lipinski definition) is 4. The number of carbonyl (C=O) groups excluding carboxylic acids is 1. The van der Waals surface area contributed by atoms with Gasteiger partial charge in [-0.05, 0) is 25.3 Å². The maximum atomic E-state index is 12.5. The zero-order valence-electron chi connectivity index (χ0n) is 11.7. The lowest BCUT2D eigenvalue weighted by molar-refractivity contribution is -0.139. The molecule has 2 aliphatic rings. The SMILES string of the molecule is NCC1CCCCC1C(=O)N1CCN(S(N)(=O)=O)CC1. The number of hydrogen-bond donors (Lipinski definition) is 2. The molecule has 2 atom stereocenters. The molecule has 116 valence electrons. The van der Waals surface area contributed by atoms with Crippen molar-refractivity contribution >= 4 is 16.1 Å². The summed E-state index contributed by atoms with van der Waals surface area (Å²) in [7, 11) is -3.64. The monoisotopic (exact) mass is 304 g/mol. The van der Waals surface area contributed by atoms with Crippen molar-refractivity contribution in [3.8, 4) is 0 Å². The van der Waals surface area contributed by atoms with Crippen molar-refractivity contribution in [1.29, 1.82) is 0 Å². The number of nitrogens with zero attached hydrogens (tertiary/aromatic N) is 2. The van der Waals surface area contributed by atoms with E-state index in [1.54, 1.807) is 4.90 Å². The van der Waals surface area contributed by atoms with E-state index in [4.69, 9.17) is 10.9 Å². The van der Waals surface area contributed by atoms with Crippen molar-refractivity contribution in [2.75, 3.05) is 32.7 Å². The number of piperazine rings is 1. The lowest BCUT2D eigenvalue weighted by Gasteiger charge is -2.38. The summed E-state index contributed by atoms with van der Waals surface area (Å²) in [5, 5.41) is 5.10. The highest BCUT2D eigenvalue weighted by atomic mass is 32.2. The highest BCUT2D eigenvalue weighted by Crippen LogP contribution is 2.31. The molecular formula is C12H24N4O3S. The van der Waals surface area contributed by atoms with E-state index in [9.17, 15) is 13.2 Å². The molecule has 0 spiro atoms. The predicted octanol–water partition coefficient (Wildman–Crippen LogP) is -0.901. The largest absolute Gasteiger partial charge is 0.340 e. The summed E-state index contributed by atoms with van der Waals surface area (Å²) >= 11 is 0. The molecular weight excluding hydrogens is 280 g/mol. The summed E-state index contributed by atoms with van der Waals surface area (Å²) in [6.45, 7) is 1.95. The van der Waals surface area contributed by atoms with Crippen LogP contribution in [0.25, 0.3) is 0 Å². The van der Waals surface area contributed by atoms with Crippen molar-refractivity contribution in [3.05, 3.63) is 0 Å². The second-order valence-electron chi connectivity index (χ2n) is 5.66. The Labute approximate surface area is 120 Å². The van der Waals surface area contributed by atoms with E-state index in [0.29, 0.717) is 19.6 Å². The molecule has 1 aliphatic heterocycles. The molecule has 8 heteroatoms. The van der Waals surface area contributed by atoms with Gasteiger partial charge in [-0.15, -0.1) is 0 Å². The van der Waals surface area contributed by atoms with Gasteiger partial charge in [0.15, 0.2) is 0 Å². The van der Waals surface area contributed by atoms with Gasteiger partial charge in [0.25, 0.3) is 10.2 Å². The highest BCUT2D eigenvalue weighted by Gasteiger charge is 2.35. The molecule has 2 unspecified atom stereocenters. The van der Waals surface area contributed by atoms with Gasteiger partial charge in [-0.2, -0.15) is 12.7 Å². The fourth-order valence-electron chi connectivity index (χ4n) is 3.21. The average Bonchev–Trinajstić information content (AvgIpc) is 2.45. The molecule has 7 nitrogen and oxygen atoms in total. The summed E-state index contributed by atoms with van der Waals surface area (Å²) < 4.78 is 23.7. The highest BCUT2D eigenvalue weighted by molar-refractivity contribution is 7.86. The first-order valence-corrected chi connectivity index (χ1v) is 8.70. The van der Waals surface area contributed by atoms with Gasteiger partial charge in [0.05, 0.1) is 0 Å². The molecule has 0 radical (unpaired) electrons. The molecule has 4 N–H and O–H groups in total. The van der Waals surface area contributed by atoms with Gasteiger partial charge >= 0.3 is 0 Å². The van der Waals surface area contributed by atoms with Gasteiger partial charge < -0.3 is 10.6 Å². The number of nitrogens with two attached hydrogens (primary N) is 2. The van der Waals surface area contributed by atoms with E-state index in [-0.39, 0.29) is 30.8 Å². The van der Waals surface area contributed by atoms with Crippen molar-refractivity contribution in [1.82, 2.24) is 9.21 Å². The Balaban J connectivity index is 1.94. The number of amides is 1. The summed E-state index contributed by atoms with van der Waals surface area (Å²) in [6, 6.07) is 0. The molecule has 20 heavy (non-hydrogen) atoms. The Morgan fingerprint density at radius 1 is 1.10 bits per heavy atom. The fraction of sp³-hybridized carbons (Fsp3) is 0.917. The van der Waals surface area contributed by atoms with Crippen LogP contribution in [0.1, 0.15) is 25.7 Å².